The fourth-order valence-corrected chi connectivity index (χ4v) is 4.48. The van der Waals surface area contributed by atoms with Crippen molar-refractivity contribution in [3.63, 3.8) is 0 Å². The molecule has 0 heterocycles. The molecule has 35 heavy (non-hydrogen) atoms. The maximum absolute atomic E-state index is 12.6. The van der Waals surface area contributed by atoms with Crippen LogP contribution in [0, 0.1) is 18.3 Å². The molecule has 9 heteroatoms. The third-order valence-electron chi connectivity index (χ3n) is 4.81. The second-order valence-corrected chi connectivity index (χ2v) is 9.03. The number of hydrogen-bond donors (Lipinski definition) is 2. The van der Waals surface area contributed by atoms with Crippen LogP contribution in [-0.4, -0.2) is 25.5 Å². The predicted molar refractivity (Wildman–Crippen MR) is 142 cm³/mol. The lowest BCUT2D eigenvalue weighted by Gasteiger charge is -2.12. The smallest absolute Gasteiger partial charge is 0.266 e. The molecule has 2 N–H and O–H groups in total. The number of aryl methyl sites for hydroxylation is 1. The van der Waals surface area contributed by atoms with Crippen LogP contribution in [0.1, 0.15) is 11.1 Å². The summed E-state index contributed by atoms with van der Waals surface area (Å²) in [4.78, 5) is 24.9. The number of anilines is 2. The minimum absolute atomic E-state index is 0.0779. The molecule has 3 aromatic rings. The van der Waals surface area contributed by atoms with Crippen molar-refractivity contribution in [3.8, 4) is 17.6 Å². The number of carbonyl (C=O) groups is 2. The number of para-hydroxylation sites is 1. The first kappa shape index (κ1) is 26.0. The zero-order valence-electron chi connectivity index (χ0n) is 18.9. The van der Waals surface area contributed by atoms with E-state index in [9.17, 15) is 14.9 Å². The van der Waals surface area contributed by atoms with Gasteiger partial charge in [-0.15, -0.1) is 0 Å². The molecule has 0 spiro atoms. The SMILES string of the molecule is COc1ccc(NC(=O)/C(C#N)=C\c2cc(Br)c(OCC(=O)Nc3ccccc3C)c(Br)c2)cc1. The maximum atomic E-state index is 12.6. The highest BCUT2D eigenvalue weighted by molar-refractivity contribution is 9.11. The Morgan fingerprint density at radius 2 is 1.69 bits per heavy atom. The number of benzene rings is 3. The van der Waals surface area contributed by atoms with Crippen molar-refractivity contribution in [1.82, 2.24) is 0 Å². The van der Waals surface area contributed by atoms with E-state index in [0.717, 1.165) is 11.3 Å². The highest BCUT2D eigenvalue weighted by Crippen LogP contribution is 2.35. The lowest BCUT2D eigenvalue weighted by molar-refractivity contribution is -0.118. The van der Waals surface area contributed by atoms with E-state index in [2.05, 4.69) is 42.5 Å². The number of ether oxygens (including phenoxy) is 2. The predicted octanol–water partition coefficient (Wildman–Crippen LogP) is 6.09. The van der Waals surface area contributed by atoms with Gasteiger partial charge >= 0.3 is 0 Å². The first-order chi connectivity index (χ1) is 16.8. The van der Waals surface area contributed by atoms with Crippen molar-refractivity contribution >= 4 is 61.1 Å². The molecule has 0 radical (unpaired) electrons. The fourth-order valence-electron chi connectivity index (χ4n) is 3.03. The molecule has 0 aliphatic carbocycles. The Balaban J connectivity index is 1.69. The van der Waals surface area contributed by atoms with Crippen molar-refractivity contribution in [2.75, 3.05) is 24.4 Å². The average molecular weight is 599 g/mol. The zero-order valence-corrected chi connectivity index (χ0v) is 22.1. The van der Waals surface area contributed by atoms with Crippen LogP contribution in [0.25, 0.3) is 6.08 Å². The molecule has 0 aliphatic rings. The molecule has 0 unspecified atom stereocenters. The standard InChI is InChI=1S/C26H21Br2N3O4/c1-16-5-3-4-6-23(16)31-24(32)15-35-25-21(27)12-17(13-22(25)28)11-18(14-29)26(33)30-19-7-9-20(34-2)10-8-19/h3-13H,15H2,1-2H3,(H,30,33)(H,31,32)/b18-11-. The number of carbonyl (C=O) groups excluding carboxylic acids is 2. The first-order valence-corrected chi connectivity index (χ1v) is 11.9. The van der Waals surface area contributed by atoms with Crippen molar-refractivity contribution < 1.29 is 19.1 Å². The maximum Gasteiger partial charge on any atom is 0.266 e. The quantitative estimate of drug-likeness (QED) is 0.241. The minimum Gasteiger partial charge on any atom is -0.497 e. The summed E-state index contributed by atoms with van der Waals surface area (Å²) in [5.41, 5.74) is 2.71. The molecule has 2 amide bonds. The van der Waals surface area contributed by atoms with Crippen LogP contribution >= 0.6 is 31.9 Å². The van der Waals surface area contributed by atoms with E-state index in [-0.39, 0.29) is 18.1 Å². The van der Waals surface area contributed by atoms with Gasteiger partial charge < -0.3 is 20.1 Å². The molecule has 0 saturated carbocycles. The lowest BCUT2D eigenvalue weighted by atomic mass is 10.1. The average Bonchev–Trinajstić information content (AvgIpc) is 2.84. The third-order valence-corrected chi connectivity index (χ3v) is 5.99. The Kier molecular flexibility index (Phi) is 9.06. The van der Waals surface area contributed by atoms with Crippen LogP contribution in [0.15, 0.2) is 75.2 Å². The second kappa shape index (κ2) is 12.2. The number of hydrogen-bond acceptors (Lipinski definition) is 5. The Morgan fingerprint density at radius 1 is 1.03 bits per heavy atom. The fraction of sp³-hybridized carbons (Fsp3) is 0.115. The normalized spacial score (nSPS) is 10.8. The molecule has 0 fully saturated rings. The molecular weight excluding hydrogens is 578 g/mol. The van der Waals surface area contributed by atoms with E-state index in [4.69, 9.17) is 9.47 Å². The van der Waals surface area contributed by atoms with Gasteiger partial charge in [0.2, 0.25) is 0 Å². The molecule has 3 rings (SSSR count). The summed E-state index contributed by atoms with van der Waals surface area (Å²) >= 11 is 6.86. The Bertz CT molecular complexity index is 1290. The van der Waals surface area contributed by atoms with Gasteiger partial charge in [-0.25, -0.2) is 0 Å². The summed E-state index contributed by atoms with van der Waals surface area (Å²) in [6.45, 7) is 1.71. The molecule has 3 aromatic carbocycles. The van der Waals surface area contributed by atoms with Gasteiger partial charge in [0.1, 0.15) is 23.1 Å². The summed E-state index contributed by atoms with van der Waals surface area (Å²) < 4.78 is 11.9. The van der Waals surface area contributed by atoms with Crippen molar-refractivity contribution in [3.05, 3.63) is 86.3 Å². The summed E-state index contributed by atoms with van der Waals surface area (Å²) in [7, 11) is 1.55. The highest BCUT2D eigenvalue weighted by Gasteiger charge is 2.14. The third kappa shape index (κ3) is 7.18. The summed E-state index contributed by atoms with van der Waals surface area (Å²) in [5, 5.41) is 15.0. The molecule has 0 atom stereocenters. The number of nitriles is 1. The van der Waals surface area contributed by atoms with Crippen LogP contribution in [0.5, 0.6) is 11.5 Å². The van der Waals surface area contributed by atoms with Gasteiger partial charge in [0, 0.05) is 11.4 Å². The largest absolute Gasteiger partial charge is 0.497 e. The van der Waals surface area contributed by atoms with E-state index < -0.39 is 5.91 Å². The lowest BCUT2D eigenvalue weighted by Crippen LogP contribution is -2.20. The Morgan fingerprint density at radius 3 is 2.29 bits per heavy atom. The van der Waals surface area contributed by atoms with Crippen LogP contribution in [0.2, 0.25) is 0 Å². The number of nitrogens with one attached hydrogen (secondary N) is 2. The highest BCUT2D eigenvalue weighted by atomic mass is 79.9. The first-order valence-electron chi connectivity index (χ1n) is 10.3. The van der Waals surface area contributed by atoms with E-state index in [1.807, 2.05) is 37.3 Å². The zero-order chi connectivity index (χ0) is 25.4. The van der Waals surface area contributed by atoms with E-state index >= 15 is 0 Å². The summed E-state index contributed by atoms with van der Waals surface area (Å²) in [6.07, 6.45) is 1.46. The van der Waals surface area contributed by atoms with Crippen LogP contribution in [0.3, 0.4) is 0 Å². The molecule has 0 saturated heterocycles. The second-order valence-electron chi connectivity index (χ2n) is 7.32. The minimum atomic E-state index is -0.543. The molecule has 0 aromatic heterocycles. The summed E-state index contributed by atoms with van der Waals surface area (Å²) in [6, 6.07) is 19.5. The Labute approximate surface area is 220 Å². The van der Waals surface area contributed by atoms with E-state index in [1.165, 1.54) is 6.08 Å². The molecule has 0 aliphatic heterocycles. The van der Waals surface area contributed by atoms with Gasteiger partial charge in [-0.05, 0) is 98.5 Å². The van der Waals surface area contributed by atoms with E-state index in [0.29, 0.717) is 31.7 Å². The monoisotopic (exact) mass is 597 g/mol. The van der Waals surface area contributed by atoms with Gasteiger partial charge in [0.05, 0.1) is 16.1 Å². The van der Waals surface area contributed by atoms with Crippen LogP contribution in [0.4, 0.5) is 11.4 Å². The van der Waals surface area contributed by atoms with Gasteiger partial charge in [-0.3, -0.25) is 9.59 Å². The van der Waals surface area contributed by atoms with Crippen LogP contribution in [-0.2, 0) is 9.59 Å². The van der Waals surface area contributed by atoms with Gasteiger partial charge in [-0.2, -0.15) is 5.26 Å². The summed E-state index contributed by atoms with van der Waals surface area (Å²) in [5.74, 6) is 0.231. The number of amides is 2. The van der Waals surface area contributed by atoms with Gasteiger partial charge in [0.25, 0.3) is 11.8 Å². The van der Waals surface area contributed by atoms with Crippen molar-refractivity contribution in [1.29, 1.82) is 5.26 Å². The van der Waals surface area contributed by atoms with Crippen LogP contribution < -0.4 is 20.1 Å². The van der Waals surface area contributed by atoms with Crippen molar-refractivity contribution in [2.45, 2.75) is 6.92 Å². The number of rotatable bonds is 8. The molecular formula is C26H21Br2N3O4. The van der Waals surface area contributed by atoms with E-state index in [1.54, 1.807) is 43.5 Å². The molecule has 0 bridgehead atoms. The number of halogens is 2. The molecule has 178 valence electrons. The van der Waals surface area contributed by atoms with Gasteiger partial charge in [-0.1, -0.05) is 18.2 Å². The topological polar surface area (TPSA) is 100 Å². The Hall–Kier alpha value is -3.61. The molecule has 7 nitrogen and oxygen atoms in total. The van der Waals surface area contributed by atoms with Gasteiger partial charge in [0.15, 0.2) is 6.61 Å². The number of methoxy groups -OCH3 is 1. The van der Waals surface area contributed by atoms with Crippen molar-refractivity contribution in [2.24, 2.45) is 0 Å². The number of nitrogens with zero attached hydrogens (tertiary/aromatic N) is 1.